The van der Waals surface area contributed by atoms with Gasteiger partial charge in [0.1, 0.15) is 5.00 Å². The maximum Gasteiger partial charge on any atom is 0.341 e. The van der Waals surface area contributed by atoms with Crippen molar-refractivity contribution in [1.29, 1.82) is 0 Å². The number of carbonyl (C=O) groups is 3. The monoisotopic (exact) mass is 437 g/mol. The zero-order chi connectivity index (χ0) is 22.0. The van der Waals surface area contributed by atoms with Crippen molar-refractivity contribution in [2.24, 2.45) is 5.92 Å². The number of ether oxygens (including phenoxy) is 2. The number of carbonyl (C=O) groups excluding carboxylic acids is 3. The number of benzene rings is 2. The largest absolute Gasteiger partial charge is 0.465 e. The lowest BCUT2D eigenvalue weighted by atomic mass is 9.88. The first-order valence-corrected chi connectivity index (χ1v) is 11.0. The van der Waals surface area contributed by atoms with Gasteiger partial charge in [0.25, 0.3) is 5.91 Å². The third-order valence-electron chi connectivity index (χ3n) is 5.50. The van der Waals surface area contributed by atoms with Gasteiger partial charge in [-0.05, 0) is 47.6 Å². The smallest absolute Gasteiger partial charge is 0.341 e. The van der Waals surface area contributed by atoms with Crippen LogP contribution in [0.3, 0.4) is 0 Å². The molecule has 1 aliphatic rings. The van der Waals surface area contributed by atoms with Gasteiger partial charge in [-0.3, -0.25) is 4.79 Å². The number of thiophene rings is 1. The van der Waals surface area contributed by atoms with E-state index in [-0.39, 0.29) is 0 Å². The van der Waals surface area contributed by atoms with Gasteiger partial charge in [0.05, 0.1) is 18.2 Å². The van der Waals surface area contributed by atoms with E-state index >= 15 is 0 Å². The van der Waals surface area contributed by atoms with Crippen LogP contribution in [0.15, 0.2) is 42.5 Å². The first-order valence-electron chi connectivity index (χ1n) is 10.2. The quantitative estimate of drug-likeness (QED) is 0.590. The van der Waals surface area contributed by atoms with Crippen LogP contribution < -0.4 is 5.32 Å². The predicted octanol–water partition coefficient (Wildman–Crippen LogP) is 4.61. The Morgan fingerprint density at radius 3 is 2.68 bits per heavy atom. The van der Waals surface area contributed by atoms with Crippen LogP contribution in [0.1, 0.15) is 44.5 Å². The second kappa shape index (κ2) is 8.89. The van der Waals surface area contributed by atoms with Crippen LogP contribution in [-0.4, -0.2) is 31.6 Å². The zero-order valence-electron chi connectivity index (χ0n) is 17.4. The summed E-state index contributed by atoms with van der Waals surface area (Å²) in [5, 5.41) is 4.89. The van der Waals surface area contributed by atoms with Gasteiger partial charge in [0.2, 0.25) is 0 Å². The average molecular weight is 438 g/mol. The fourth-order valence-corrected chi connectivity index (χ4v) is 5.35. The molecule has 0 saturated carbocycles. The van der Waals surface area contributed by atoms with Crippen LogP contribution >= 0.6 is 11.3 Å². The molecular weight excluding hydrogens is 414 g/mol. The molecule has 1 heterocycles. The summed E-state index contributed by atoms with van der Waals surface area (Å²) in [6.45, 7) is 1.73. The highest BCUT2D eigenvalue weighted by Crippen LogP contribution is 2.40. The van der Waals surface area contributed by atoms with Crippen molar-refractivity contribution in [1.82, 2.24) is 0 Å². The van der Waals surface area contributed by atoms with E-state index < -0.39 is 24.5 Å². The summed E-state index contributed by atoms with van der Waals surface area (Å²) in [6.07, 6.45) is 2.64. The number of hydrogen-bond donors (Lipinski definition) is 1. The van der Waals surface area contributed by atoms with Gasteiger partial charge in [-0.2, -0.15) is 0 Å². The lowest BCUT2D eigenvalue weighted by Gasteiger charge is -2.18. The summed E-state index contributed by atoms with van der Waals surface area (Å²) in [7, 11) is 1.33. The molecule has 0 aliphatic heterocycles. The molecule has 7 heteroatoms. The molecule has 2 aromatic carbocycles. The van der Waals surface area contributed by atoms with Gasteiger partial charge in [0, 0.05) is 4.88 Å². The third-order valence-corrected chi connectivity index (χ3v) is 6.67. The van der Waals surface area contributed by atoms with Crippen LogP contribution in [0.25, 0.3) is 10.8 Å². The fraction of sp³-hybridized carbons (Fsp3) is 0.292. The van der Waals surface area contributed by atoms with E-state index in [1.54, 1.807) is 12.1 Å². The molecule has 0 radical (unpaired) electrons. The van der Waals surface area contributed by atoms with E-state index in [4.69, 9.17) is 9.47 Å². The van der Waals surface area contributed by atoms with Crippen molar-refractivity contribution >= 4 is 45.0 Å². The summed E-state index contributed by atoms with van der Waals surface area (Å²) >= 11 is 1.40. The lowest BCUT2D eigenvalue weighted by molar-refractivity contribution is -0.119. The van der Waals surface area contributed by atoms with Crippen molar-refractivity contribution in [2.45, 2.75) is 26.2 Å². The minimum Gasteiger partial charge on any atom is -0.465 e. The Bertz CT molecular complexity index is 1160. The Morgan fingerprint density at radius 1 is 1.10 bits per heavy atom. The molecule has 3 aromatic rings. The van der Waals surface area contributed by atoms with E-state index in [1.165, 1.54) is 18.4 Å². The Labute approximate surface area is 184 Å². The number of anilines is 1. The second-order valence-electron chi connectivity index (χ2n) is 7.70. The number of rotatable bonds is 5. The van der Waals surface area contributed by atoms with Gasteiger partial charge in [-0.15, -0.1) is 11.3 Å². The van der Waals surface area contributed by atoms with Gasteiger partial charge in [-0.25, -0.2) is 9.59 Å². The van der Waals surface area contributed by atoms with Gasteiger partial charge in [0.15, 0.2) is 6.61 Å². The van der Waals surface area contributed by atoms with Crippen molar-refractivity contribution in [3.05, 3.63) is 64.0 Å². The number of esters is 2. The predicted molar refractivity (Wildman–Crippen MR) is 120 cm³/mol. The highest BCUT2D eigenvalue weighted by molar-refractivity contribution is 7.17. The first-order chi connectivity index (χ1) is 15.0. The maximum absolute atomic E-state index is 12.6. The van der Waals surface area contributed by atoms with E-state index in [1.807, 2.05) is 30.3 Å². The molecule has 0 fully saturated rings. The standard InChI is InChI=1S/C24H23NO5S/c1-14-10-11-18-19(12-14)31-22(21(18)24(28)29-2)25-20(26)13-30-23(27)17-9-5-7-15-6-3-4-8-16(15)17/h3-9,14H,10-13H2,1-2H3,(H,25,26). The van der Waals surface area contributed by atoms with Crippen molar-refractivity contribution in [2.75, 3.05) is 19.0 Å². The second-order valence-corrected chi connectivity index (χ2v) is 8.80. The molecule has 6 nitrogen and oxygen atoms in total. The maximum atomic E-state index is 12.6. The Morgan fingerprint density at radius 2 is 1.87 bits per heavy atom. The fourth-order valence-electron chi connectivity index (χ4n) is 3.93. The molecule has 1 N–H and O–H groups in total. The van der Waals surface area contributed by atoms with Crippen molar-refractivity contribution in [3.8, 4) is 0 Å². The van der Waals surface area contributed by atoms with E-state index in [2.05, 4.69) is 12.2 Å². The Balaban J connectivity index is 1.48. The summed E-state index contributed by atoms with van der Waals surface area (Å²) in [6, 6.07) is 12.8. The van der Waals surface area contributed by atoms with E-state index in [0.717, 1.165) is 40.5 Å². The highest BCUT2D eigenvalue weighted by atomic mass is 32.1. The molecule has 0 bridgehead atoms. The van der Waals surface area contributed by atoms with Crippen molar-refractivity contribution in [3.63, 3.8) is 0 Å². The molecule has 4 rings (SSSR count). The summed E-state index contributed by atoms with van der Waals surface area (Å²) in [5.74, 6) is -0.998. The molecule has 1 amide bonds. The lowest BCUT2D eigenvalue weighted by Crippen LogP contribution is -2.22. The van der Waals surface area contributed by atoms with Crippen LogP contribution in [0.2, 0.25) is 0 Å². The number of amides is 1. The zero-order valence-corrected chi connectivity index (χ0v) is 18.2. The summed E-state index contributed by atoms with van der Waals surface area (Å²) in [5.41, 5.74) is 1.78. The Hall–Kier alpha value is -3.19. The molecule has 0 spiro atoms. The summed E-state index contributed by atoms with van der Waals surface area (Å²) in [4.78, 5) is 38.5. The third kappa shape index (κ3) is 4.32. The van der Waals surface area contributed by atoms with Crippen LogP contribution in [0.5, 0.6) is 0 Å². The summed E-state index contributed by atoms with van der Waals surface area (Å²) < 4.78 is 10.2. The average Bonchev–Trinajstić information content (AvgIpc) is 3.13. The van der Waals surface area contributed by atoms with Gasteiger partial charge in [-0.1, -0.05) is 43.3 Å². The highest BCUT2D eigenvalue weighted by Gasteiger charge is 2.29. The molecule has 31 heavy (non-hydrogen) atoms. The van der Waals surface area contributed by atoms with Crippen LogP contribution in [0, 0.1) is 5.92 Å². The van der Waals surface area contributed by atoms with Gasteiger partial charge < -0.3 is 14.8 Å². The van der Waals surface area contributed by atoms with Crippen LogP contribution in [0.4, 0.5) is 5.00 Å². The number of nitrogens with one attached hydrogen (secondary N) is 1. The molecule has 1 aromatic heterocycles. The molecular formula is C24H23NO5S. The minimum absolute atomic E-state index is 0.404. The number of methoxy groups -OCH3 is 1. The number of fused-ring (bicyclic) bond motifs is 2. The Kier molecular flexibility index (Phi) is 6.04. The number of hydrogen-bond acceptors (Lipinski definition) is 6. The molecule has 1 unspecified atom stereocenters. The van der Waals surface area contributed by atoms with E-state index in [9.17, 15) is 14.4 Å². The molecule has 1 aliphatic carbocycles. The first kappa shape index (κ1) is 21.1. The molecule has 0 saturated heterocycles. The minimum atomic E-state index is -0.570. The topological polar surface area (TPSA) is 81.7 Å². The van der Waals surface area contributed by atoms with E-state index in [0.29, 0.717) is 22.0 Å². The van der Waals surface area contributed by atoms with Gasteiger partial charge >= 0.3 is 11.9 Å². The van der Waals surface area contributed by atoms with Crippen LogP contribution in [-0.2, 0) is 27.1 Å². The van der Waals surface area contributed by atoms with Crippen molar-refractivity contribution < 1.29 is 23.9 Å². The SMILES string of the molecule is COC(=O)c1c(NC(=O)COC(=O)c2cccc3ccccc23)sc2c1CCC(C)C2. The normalized spacial score (nSPS) is 15.2. The molecule has 160 valence electrons. The molecule has 1 atom stereocenters.